The normalized spacial score (nSPS) is 14.7. The van der Waals surface area contributed by atoms with Crippen molar-refractivity contribution in [2.24, 2.45) is 0 Å². The van der Waals surface area contributed by atoms with Crippen LogP contribution in [-0.2, 0) is 0 Å². The minimum Gasteiger partial charge on any atom is -0.459 e. The van der Waals surface area contributed by atoms with Crippen molar-refractivity contribution in [2.75, 3.05) is 13.1 Å². The number of carbonyl (C=O) groups is 2. The number of aryl methyl sites for hydroxylation is 1. The maximum atomic E-state index is 13.3. The highest BCUT2D eigenvalue weighted by atomic mass is 19.1. The van der Waals surface area contributed by atoms with Gasteiger partial charge in [0.15, 0.2) is 5.76 Å². The molecule has 156 valence electrons. The van der Waals surface area contributed by atoms with Gasteiger partial charge in [0, 0.05) is 36.2 Å². The zero-order valence-electron chi connectivity index (χ0n) is 17.0. The average molecular weight is 409 g/mol. The molecule has 0 spiro atoms. The van der Waals surface area contributed by atoms with Crippen molar-refractivity contribution >= 4 is 11.8 Å². The van der Waals surface area contributed by atoms with Crippen LogP contribution < -0.4 is 5.32 Å². The van der Waals surface area contributed by atoms with Crippen molar-refractivity contribution in [3.63, 3.8) is 0 Å². The second-order valence-corrected chi connectivity index (χ2v) is 7.61. The topological polar surface area (TPSA) is 67.5 Å². The van der Waals surface area contributed by atoms with Crippen LogP contribution in [-0.4, -0.2) is 40.4 Å². The Morgan fingerprint density at radius 2 is 1.80 bits per heavy atom. The second kappa shape index (κ2) is 8.18. The zero-order chi connectivity index (χ0) is 21.3. The lowest BCUT2D eigenvalue weighted by Gasteiger charge is -2.31. The lowest BCUT2D eigenvalue weighted by molar-refractivity contribution is 0.0667. The standard InChI is InChI=1S/C23H24FN3O3/c1-15-14-20(16(2)27(15)19-7-5-17(24)6-8-19)22(28)25-18-9-11-26(12-10-18)23(29)21-4-3-13-30-21/h3-8,13-14,18H,9-12H2,1-2H3,(H,25,28). The fourth-order valence-corrected chi connectivity index (χ4v) is 4.03. The van der Waals surface area contributed by atoms with Crippen molar-refractivity contribution < 1.29 is 18.4 Å². The van der Waals surface area contributed by atoms with Crippen molar-refractivity contribution in [3.05, 3.63) is 77.3 Å². The number of furan rings is 1. The molecule has 0 atom stereocenters. The predicted molar refractivity (Wildman–Crippen MR) is 110 cm³/mol. The van der Waals surface area contributed by atoms with Crippen LogP contribution in [0, 0.1) is 19.7 Å². The molecule has 4 rings (SSSR count). The SMILES string of the molecule is Cc1cc(C(=O)NC2CCN(C(=O)c3ccco3)CC2)c(C)n1-c1ccc(F)cc1. The van der Waals surface area contributed by atoms with Crippen molar-refractivity contribution in [3.8, 4) is 5.69 Å². The number of carbonyl (C=O) groups excluding carboxylic acids is 2. The largest absolute Gasteiger partial charge is 0.459 e. The summed E-state index contributed by atoms with van der Waals surface area (Å²) in [4.78, 5) is 27.0. The van der Waals surface area contributed by atoms with Gasteiger partial charge in [-0.05, 0) is 69.2 Å². The molecule has 1 N–H and O–H groups in total. The summed E-state index contributed by atoms with van der Waals surface area (Å²) in [6.45, 7) is 4.94. The van der Waals surface area contributed by atoms with Crippen LogP contribution >= 0.6 is 0 Å². The summed E-state index contributed by atoms with van der Waals surface area (Å²) in [7, 11) is 0. The van der Waals surface area contributed by atoms with E-state index in [1.165, 1.54) is 18.4 Å². The number of halogens is 1. The molecule has 30 heavy (non-hydrogen) atoms. The molecule has 1 aromatic carbocycles. The molecule has 3 heterocycles. The van der Waals surface area contributed by atoms with Gasteiger partial charge in [0.05, 0.1) is 11.8 Å². The van der Waals surface area contributed by atoms with E-state index in [4.69, 9.17) is 4.42 Å². The summed E-state index contributed by atoms with van der Waals surface area (Å²) >= 11 is 0. The molecule has 1 aliphatic rings. The molecule has 2 amide bonds. The van der Waals surface area contributed by atoms with Gasteiger partial charge < -0.3 is 19.2 Å². The van der Waals surface area contributed by atoms with Crippen molar-refractivity contribution in [2.45, 2.75) is 32.7 Å². The van der Waals surface area contributed by atoms with Gasteiger partial charge in [0.25, 0.3) is 11.8 Å². The molecular formula is C23H24FN3O3. The van der Waals surface area contributed by atoms with Crippen LogP contribution in [0.2, 0.25) is 0 Å². The molecule has 2 aromatic heterocycles. The number of nitrogens with zero attached hydrogens (tertiary/aromatic N) is 2. The van der Waals surface area contributed by atoms with E-state index in [9.17, 15) is 14.0 Å². The molecule has 1 fully saturated rings. The third-order valence-corrected chi connectivity index (χ3v) is 5.61. The number of benzene rings is 1. The van der Waals surface area contributed by atoms with Crippen LogP contribution in [0.3, 0.4) is 0 Å². The summed E-state index contributed by atoms with van der Waals surface area (Å²) in [5.41, 5.74) is 3.13. The summed E-state index contributed by atoms with van der Waals surface area (Å²) in [6, 6.07) is 11.4. The summed E-state index contributed by atoms with van der Waals surface area (Å²) in [5.74, 6) is -0.207. The van der Waals surface area contributed by atoms with Gasteiger partial charge in [-0.2, -0.15) is 0 Å². The van der Waals surface area contributed by atoms with Crippen molar-refractivity contribution in [1.82, 2.24) is 14.8 Å². The monoisotopic (exact) mass is 409 g/mol. The van der Waals surface area contributed by atoms with Crippen LogP contribution in [0.15, 0.2) is 53.1 Å². The Morgan fingerprint density at radius 3 is 2.43 bits per heavy atom. The maximum Gasteiger partial charge on any atom is 0.289 e. The van der Waals surface area contributed by atoms with E-state index in [1.54, 1.807) is 29.2 Å². The summed E-state index contributed by atoms with van der Waals surface area (Å²) in [6.07, 6.45) is 2.87. The van der Waals surface area contributed by atoms with Crippen LogP contribution in [0.4, 0.5) is 4.39 Å². The first-order valence-corrected chi connectivity index (χ1v) is 10.0. The molecule has 0 radical (unpaired) electrons. The van der Waals surface area contributed by atoms with E-state index in [0.717, 1.165) is 17.1 Å². The van der Waals surface area contributed by atoms with Gasteiger partial charge in [0.1, 0.15) is 5.82 Å². The number of rotatable bonds is 4. The van der Waals surface area contributed by atoms with Gasteiger partial charge in [-0.1, -0.05) is 0 Å². The van der Waals surface area contributed by atoms with E-state index in [2.05, 4.69) is 5.32 Å². The van der Waals surface area contributed by atoms with E-state index in [-0.39, 0.29) is 23.7 Å². The number of likely N-dealkylation sites (tertiary alicyclic amines) is 1. The van der Waals surface area contributed by atoms with Gasteiger partial charge >= 0.3 is 0 Å². The number of aromatic nitrogens is 1. The smallest absolute Gasteiger partial charge is 0.289 e. The number of hydrogen-bond donors (Lipinski definition) is 1. The van der Waals surface area contributed by atoms with E-state index >= 15 is 0 Å². The number of hydrogen-bond acceptors (Lipinski definition) is 3. The molecule has 0 bridgehead atoms. The molecule has 7 heteroatoms. The molecule has 0 saturated carbocycles. The summed E-state index contributed by atoms with van der Waals surface area (Å²) in [5, 5.41) is 3.10. The maximum absolute atomic E-state index is 13.3. The molecule has 6 nitrogen and oxygen atoms in total. The van der Waals surface area contributed by atoms with Gasteiger partial charge in [-0.25, -0.2) is 4.39 Å². The Labute approximate surface area is 174 Å². The highest BCUT2D eigenvalue weighted by molar-refractivity contribution is 5.96. The van der Waals surface area contributed by atoms with Gasteiger partial charge in [-0.15, -0.1) is 0 Å². The van der Waals surface area contributed by atoms with E-state index in [1.807, 2.05) is 24.5 Å². The van der Waals surface area contributed by atoms with Crippen LogP contribution in [0.5, 0.6) is 0 Å². The Morgan fingerprint density at radius 1 is 1.10 bits per heavy atom. The Hall–Kier alpha value is -3.35. The van der Waals surface area contributed by atoms with Crippen LogP contribution in [0.25, 0.3) is 5.69 Å². The fourth-order valence-electron chi connectivity index (χ4n) is 4.03. The van der Waals surface area contributed by atoms with E-state index in [0.29, 0.717) is 37.3 Å². The second-order valence-electron chi connectivity index (χ2n) is 7.61. The molecule has 0 aliphatic carbocycles. The number of piperidine rings is 1. The molecular weight excluding hydrogens is 385 g/mol. The highest BCUT2D eigenvalue weighted by Gasteiger charge is 2.27. The minimum atomic E-state index is -0.295. The molecule has 3 aromatic rings. The van der Waals surface area contributed by atoms with E-state index < -0.39 is 0 Å². The van der Waals surface area contributed by atoms with Gasteiger partial charge in [0.2, 0.25) is 0 Å². The Balaban J connectivity index is 1.41. The number of nitrogens with one attached hydrogen (secondary N) is 1. The van der Waals surface area contributed by atoms with Gasteiger partial charge in [-0.3, -0.25) is 9.59 Å². The quantitative estimate of drug-likeness (QED) is 0.712. The summed E-state index contributed by atoms with van der Waals surface area (Å²) < 4.78 is 20.4. The first-order valence-electron chi connectivity index (χ1n) is 10.0. The predicted octanol–water partition coefficient (Wildman–Crippen LogP) is 3.86. The lowest BCUT2D eigenvalue weighted by atomic mass is 10.0. The lowest BCUT2D eigenvalue weighted by Crippen LogP contribution is -2.46. The molecule has 1 aliphatic heterocycles. The van der Waals surface area contributed by atoms with Crippen LogP contribution in [0.1, 0.15) is 45.1 Å². The Bertz CT molecular complexity index is 1050. The molecule has 1 saturated heterocycles. The average Bonchev–Trinajstić information content (AvgIpc) is 3.37. The zero-order valence-corrected chi connectivity index (χ0v) is 17.0. The third kappa shape index (κ3) is 3.87. The minimum absolute atomic E-state index is 0.00651. The Kier molecular flexibility index (Phi) is 5.44. The fraction of sp³-hybridized carbons (Fsp3) is 0.304. The molecule has 0 unspecified atom stereocenters. The first-order chi connectivity index (χ1) is 14.4. The highest BCUT2D eigenvalue weighted by Crippen LogP contribution is 2.22. The number of amides is 2. The third-order valence-electron chi connectivity index (χ3n) is 5.61. The first kappa shape index (κ1) is 19.9. The van der Waals surface area contributed by atoms with Crippen molar-refractivity contribution in [1.29, 1.82) is 0 Å².